The molecule has 182 valence electrons. The molecule has 5 rings (SSSR count). The van der Waals surface area contributed by atoms with E-state index in [0.29, 0.717) is 47.9 Å². The van der Waals surface area contributed by atoms with Crippen molar-refractivity contribution in [1.82, 2.24) is 9.97 Å². The van der Waals surface area contributed by atoms with E-state index in [0.717, 1.165) is 23.1 Å². The summed E-state index contributed by atoms with van der Waals surface area (Å²) in [5, 5.41) is 11.2. The standard InChI is InChI=1S/C27H21F3N4O2/c1-16-9-10-20-22(13-16)32-24(21-7-2-3-8-23(21)35)33-25(20)34-12-11-19(15-34)31-26(36)17-5-4-6-18(14-17)27(28,29)30/h2-10,13-14,35H,11-12,15H2,1H3. The van der Waals surface area contributed by atoms with Crippen LogP contribution in [0, 0.1) is 6.92 Å². The molecule has 0 radical (unpaired) electrons. The molecule has 0 bridgehead atoms. The summed E-state index contributed by atoms with van der Waals surface area (Å²) in [6, 6.07) is 16.9. The molecule has 0 saturated carbocycles. The van der Waals surface area contributed by atoms with Crippen molar-refractivity contribution in [2.45, 2.75) is 19.5 Å². The fraction of sp³-hybridized carbons (Fsp3) is 0.185. The van der Waals surface area contributed by atoms with E-state index in [4.69, 9.17) is 4.98 Å². The molecule has 1 amide bonds. The summed E-state index contributed by atoms with van der Waals surface area (Å²) >= 11 is 0. The summed E-state index contributed by atoms with van der Waals surface area (Å²) in [6.45, 7) is 2.78. The van der Waals surface area contributed by atoms with E-state index >= 15 is 0 Å². The highest BCUT2D eigenvalue weighted by molar-refractivity contribution is 6.07. The number of fused-ring (bicyclic) bond motifs is 1. The minimum Gasteiger partial charge on any atom is -0.507 e. The van der Waals surface area contributed by atoms with Gasteiger partial charge in [-0.1, -0.05) is 24.3 Å². The number of anilines is 1. The molecule has 0 unspecified atom stereocenters. The zero-order valence-electron chi connectivity index (χ0n) is 19.3. The lowest BCUT2D eigenvalue weighted by molar-refractivity contribution is -0.137. The third kappa shape index (κ3) is 4.64. The number of halogens is 3. The van der Waals surface area contributed by atoms with Gasteiger partial charge in [-0.15, -0.1) is 0 Å². The number of hydrogen-bond acceptors (Lipinski definition) is 5. The number of phenols is 1. The summed E-state index contributed by atoms with van der Waals surface area (Å²) in [5.41, 5.74) is 1.78. The zero-order valence-corrected chi connectivity index (χ0v) is 19.3. The van der Waals surface area contributed by atoms with Crippen LogP contribution in [0.2, 0.25) is 0 Å². The number of para-hydroxylation sites is 1. The predicted molar refractivity (Wildman–Crippen MR) is 131 cm³/mol. The van der Waals surface area contributed by atoms with Crippen LogP contribution < -0.4 is 4.90 Å². The van der Waals surface area contributed by atoms with Crippen LogP contribution in [0.4, 0.5) is 19.0 Å². The van der Waals surface area contributed by atoms with Crippen molar-refractivity contribution < 1.29 is 23.1 Å². The van der Waals surface area contributed by atoms with Gasteiger partial charge >= 0.3 is 6.18 Å². The number of aromatic nitrogens is 2. The van der Waals surface area contributed by atoms with Crippen LogP contribution in [-0.4, -0.2) is 39.8 Å². The molecule has 1 aliphatic rings. The van der Waals surface area contributed by atoms with Crippen molar-refractivity contribution in [2.24, 2.45) is 4.99 Å². The van der Waals surface area contributed by atoms with Crippen molar-refractivity contribution in [2.75, 3.05) is 18.0 Å². The number of nitrogens with zero attached hydrogens (tertiary/aromatic N) is 4. The molecule has 9 heteroatoms. The first-order valence-corrected chi connectivity index (χ1v) is 11.3. The fourth-order valence-electron chi connectivity index (χ4n) is 4.20. The van der Waals surface area contributed by atoms with E-state index in [1.807, 2.05) is 30.0 Å². The van der Waals surface area contributed by atoms with Gasteiger partial charge < -0.3 is 10.0 Å². The molecular formula is C27H21F3N4O2. The van der Waals surface area contributed by atoms with Gasteiger partial charge in [0.25, 0.3) is 5.91 Å². The highest BCUT2D eigenvalue weighted by Gasteiger charge is 2.31. The molecule has 2 heterocycles. The van der Waals surface area contributed by atoms with Crippen LogP contribution in [0.1, 0.15) is 27.9 Å². The van der Waals surface area contributed by atoms with Gasteiger partial charge in [0.2, 0.25) is 0 Å². The molecule has 1 N–H and O–H groups in total. The van der Waals surface area contributed by atoms with E-state index in [1.54, 1.807) is 24.3 Å². The second-order valence-corrected chi connectivity index (χ2v) is 8.64. The minimum absolute atomic E-state index is 0.0609. The third-order valence-corrected chi connectivity index (χ3v) is 6.02. The lowest BCUT2D eigenvalue weighted by Crippen LogP contribution is -2.22. The van der Waals surface area contributed by atoms with Gasteiger partial charge in [-0.05, 0) is 55.0 Å². The van der Waals surface area contributed by atoms with E-state index in [-0.39, 0.29) is 11.3 Å². The average Bonchev–Trinajstić information content (AvgIpc) is 3.31. The predicted octanol–water partition coefficient (Wildman–Crippen LogP) is 5.82. The number of aromatic hydroxyl groups is 1. The zero-order chi connectivity index (χ0) is 25.4. The van der Waals surface area contributed by atoms with Gasteiger partial charge in [-0.3, -0.25) is 4.79 Å². The summed E-state index contributed by atoms with van der Waals surface area (Å²) in [7, 11) is 0. The first kappa shape index (κ1) is 23.5. The molecule has 6 nitrogen and oxygen atoms in total. The molecule has 1 aromatic heterocycles. The molecule has 0 atom stereocenters. The number of alkyl halides is 3. The number of rotatable bonds is 3. The number of benzene rings is 3. The molecule has 0 aliphatic carbocycles. The molecule has 0 spiro atoms. The van der Waals surface area contributed by atoms with Gasteiger partial charge in [0.05, 0.1) is 23.2 Å². The van der Waals surface area contributed by atoms with Crippen LogP contribution >= 0.6 is 0 Å². The highest BCUT2D eigenvalue weighted by atomic mass is 19.4. The maximum absolute atomic E-state index is 13.0. The lowest BCUT2D eigenvalue weighted by atomic mass is 10.1. The highest BCUT2D eigenvalue weighted by Crippen LogP contribution is 2.33. The first-order valence-electron chi connectivity index (χ1n) is 11.3. The van der Waals surface area contributed by atoms with Gasteiger partial charge in [-0.25, -0.2) is 15.0 Å². The normalized spacial score (nSPS) is 15.1. The van der Waals surface area contributed by atoms with Crippen LogP contribution in [0.15, 0.2) is 71.7 Å². The molecule has 1 fully saturated rings. The van der Waals surface area contributed by atoms with Gasteiger partial charge in [0.15, 0.2) is 5.82 Å². The quantitative estimate of drug-likeness (QED) is 0.392. The maximum Gasteiger partial charge on any atom is 0.416 e. The summed E-state index contributed by atoms with van der Waals surface area (Å²) in [5.74, 6) is 0.350. The Morgan fingerprint density at radius 3 is 2.61 bits per heavy atom. The Kier molecular flexibility index (Phi) is 5.91. The largest absolute Gasteiger partial charge is 0.507 e. The second kappa shape index (κ2) is 9.07. The number of aryl methyl sites for hydroxylation is 1. The van der Waals surface area contributed by atoms with Gasteiger partial charge in [0.1, 0.15) is 11.6 Å². The second-order valence-electron chi connectivity index (χ2n) is 8.64. The van der Waals surface area contributed by atoms with Crippen molar-refractivity contribution >= 4 is 28.3 Å². The van der Waals surface area contributed by atoms with E-state index < -0.39 is 17.6 Å². The Morgan fingerprint density at radius 1 is 1.03 bits per heavy atom. The summed E-state index contributed by atoms with van der Waals surface area (Å²) < 4.78 is 39.1. The van der Waals surface area contributed by atoms with Crippen molar-refractivity contribution in [1.29, 1.82) is 0 Å². The topological polar surface area (TPSA) is 78.7 Å². The van der Waals surface area contributed by atoms with E-state index in [1.165, 1.54) is 12.1 Å². The molecular weight excluding hydrogens is 469 g/mol. The summed E-state index contributed by atoms with van der Waals surface area (Å²) in [6.07, 6.45) is -4.07. The van der Waals surface area contributed by atoms with E-state index in [9.17, 15) is 23.1 Å². The number of aliphatic imine (C=N–C) groups is 1. The number of carbonyl (C=O) groups excluding carboxylic acids is 1. The number of phenolic OH excluding ortho intramolecular Hbond substituents is 1. The lowest BCUT2D eigenvalue weighted by Gasteiger charge is -2.19. The fourth-order valence-corrected chi connectivity index (χ4v) is 4.20. The smallest absolute Gasteiger partial charge is 0.416 e. The van der Waals surface area contributed by atoms with E-state index in [2.05, 4.69) is 9.98 Å². The Hall–Kier alpha value is -4.27. The summed E-state index contributed by atoms with van der Waals surface area (Å²) in [4.78, 5) is 28.1. The molecule has 4 aromatic rings. The SMILES string of the molecule is Cc1ccc2c(N3CCC(=NC(=O)c4cccc(C(F)(F)F)c4)C3)nc(-c3ccccc3O)nc2c1. The van der Waals surface area contributed by atoms with Crippen molar-refractivity contribution in [3.63, 3.8) is 0 Å². The number of hydrogen-bond donors (Lipinski definition) is 1. The molecule has 3 aromatic carbocycles. The molecule has 1 saturated heterocycles. The van der Waals surface area contributed by atoms with Crippen LogP contribution in [0.5, 0.6) is 5.75 Å². The minimum atomic E-state index is -4.54. The number of amides is 1. The molecule has 1 aliphatic heterocycles. The Labute approximate surface area is 204 Å². The van der Waals surface area contributed by atoms with Gasteiger partial charge in [0, 0.05) is 29.6 Å². The van der Waals surface area contributed by atoms with Crippen molar-refractivity contribution in [3.8, 4) is 17.1 Å². The third-order valence-electron chi connectivity index (χ3n) is 6.02. The first-order chi connectivity index (χ1) is 17.2. The maximum atomic E-state index is 13.0. The Morgan fingerprint density at radius 2 is 1.83 bits per heavy atom. The Balaban J connectivity index is 1.48. The average molecular weight is 490 g/mol. The molecule has 36 heavy (non-hydrogen) atoms. The monoisotopic (exact) mass is 490 g/mol. The number of carbonyl (C=O) groups is 1. The van der Waals surface area contributed by atoms with Crippen LogP contribution in [-0.2, 0) is 6.18 Å². The Bertz CT molecular complexity index is 1510. The van der Waals surface area contributed by atoms with Crippen LogP contribution in [0.25, 0.3) is 22.3 Å². The van der Waals surface area contributed by atoms with Crippen molar-refractivity contribution in [3.05, 3.63) is 83.4 Å². The van der Waals surface area contributed by atoms with Crippen LogP contribution in [0.3, 0.4) is 0 Å². The van der Waals surface area contributed by atoms with Gasteiger partial charge in [-0.2, -0.15) is 13.2 Å².